The van der Waals surface area contributed by atoms with Crippen molar-refractivity contribution in [2.75, 3.05) is 0 Å². The van der Waals surface area contributed by atoms with Crippen LogP contribution in [0.25, 0.3) is 6.08 Å². The number of aromatic amines is 1. The molecule has 1 aliphatic carbocycles. The zero-order valence-electron chi connectivity index (χ0n) is 7.17. The average molecular weight is 158 g/mol. The number of aryl methyl sites for hydroxylation is 1. The Labute approximate surface area is 72.5 Å². The molecule has 1 aromatic heterocycles. The fraction of sp³-hybridized carbons (Fsp3) is 0.182. The third-order valence-electron chi connectivity index (χ3n) is 2.05. The lowest BCUT2D eigenvalue weighted by Crippen LogP contribution is -2.15. The van der Waals surface area contributed by atoms with Crippen LogP contribution in [0.5, 0.6) is 0 Å². The van der Waals surface area contributed by atoms with E-state index in [1.165, 1.54) is 17.0 Å². The van der Waals surface area contributed by atoms with E-state index < -0.39 is 0 Å². The standard InChI is InChI=1S/C11H11N/c1-9-7-8-10-5-3-2-4-6-11(10)12-9/h2-5,7-8H,6H2,1H3/p+1. The smallest absolute Gasteiger partial charge is 0.190 e. The van der Waals surface area contributed by atoms with Gasteiger partial charge in [0.25, 0.3) is 0 Å². The van der Waals surface area contributed by atoms with Crippen molar-refractivity contribution in [1.82, 2.24) is 0 Å². The van der Waals surface area contributed by atoms with E-state index in [-0.39, 0.29) is 0 Å². The second-order valence-electron chi connectivity index (χ2n) is 3.07. The van der Waals surface area contributed by atoms with Crippen molar-refractivity contribution in [3.05, 3.63) is 47.3 Å². The zero-order chi connectivity index (χ0) is 8.39. The summed E-state index contributed by atoms with van der Waals surface area (Å²) in [5.74, 6) is 0. The second-order valence-corrected chi connectivity index (χ2v) is 3.07. The van der Waals surface area contributed by atoms with Gasteiger partial charge < -0.3 is 0 Å². The molecule has 0 aromatic carbocycles. The molecule has 1 aromatic rings. The summed E-state index contributed by atoms with van der Waals surface area (Å²) in [7, 11) is 0. The monoisotopic (exact) mass is 158 g/mol. The molecule has 0 amide bonds. The van der Waals surface area contributed by atoms with Crippen LogP contribution in [0.15, 0.2) is 30.4 Å². The Morgan fingerprint density at radius 2 is 2.17 bits per heavy atom. The van der Waals surface area contributed by atoms with Gasteiger partial charge in [0.2, 0.25) is 0 Å². The highest BCUT2D eigenvalue weighted by Gasteiger charge is 2.07. The van der Waals surface area contributed by atoms with Crippen molar-refractivity contribution in [3.63, 3.8) is 0 Å². The molecule has 1 aliphatic rings. The summed E-state index contributed by atoms with van der Waals surface area (Å²) in [6.07, 6.45) is 9.47. The molecule has 60 valence electrons. The molecule has 0 unspecified atom stereocenters. The number of hydrogen-bond donors (Lipinski definition) is 0. The first-order valence-corrected chi connectivity index (χ1v) is 4.21. The molecular weight excluding hydrogens is 146 g/mol. The lowest BCUT2D eigenvalue weighted by atomic mass is 10.1. The molecule has 1 N–H and O–H groups in total. The van der Waals surface area contributed by atoms with Crippen molar-refractivity contribution in [3.8, 4) is 0 Å². The van der Waals surface area contributed by atoms with Crippen molar-refractivity contribution in [1.29, 1.82) is 0 Å². The number of fused-ring (bicyclic) bond motifs is 1. The average Bonchev–Trinajstić information content (AvgIpc) is 2.28. The molecule has 0 atom stereocenters. The molecule has 0 saturated carbocycles. The van der Waals surface area contributed by atoms with E-state index in [2.05, 4.69) is 48.3 Å². The summed E-state index contributed by atoms with van der Waals surface area (Å²) < 4.78 is 0. The predicted molar refractivity (Wildman–Crippen MR) is 49.6 cm³/mol. The summed E-state index contributed by atoms with van der Waals surface area (Å²) in [6.45, 7) is 2.08. The normalized spacial score (nSPS) is 14.1. The minimum absolute atomic E-state index is 1.00. The van der Waals surface area contributed by atoms with Crippen molar-refractivity contribution < 1.29 is 4.98 Å². The predicted octanol–water partition coefficient (Wildman–Crippen LogP) is 1.93. The molecule has 2 rings (SSSR count). The first kappa shape index (κ1) is 7.29. The van der Waals surface area contributed by atoms with Crippen LogP contribution in [-0.4, -0.2) is 0 Å². The van der Waals surface area contributed by atoms with Crippen LogP contribution in [0.4, 0.5) is 0 Å². The maximum absolute atomic E-state index is 3.37. The summed E-state index contributed by atoms with van der Waals surface area (Å²) in [5, 5.41) is 0. The highest BCUT2D eigenvalue weighted by molar-refractivity contribution is 5.54. The molecule has 1 nitrogen and oxygen atoms in total. The van der Waals surface area contributed by atoms with E-state index in [4.69, 9.17) is 0 Å². The van der Waals surface area contributed by atoms with Gasteiger partial charge in [0.15, 0.2) is 11.4 Å². The van der Waals surface area contributed by atoms with Gasteiger partial charge in [-0.25, -0.2) is 4.98 Å². The third kappa shape index (κ3) is 1.30. The first-order chi connectivity index (χ1) is 5.86. The highest BCUT2D eigenvalue weighted by atomic mass is 14.7. The lowest BCUT2D eigenvalue weighted by Gasteiger charge is -1.95. The van der Waals surface area contributed by atoms with Crippen LogP contribution in [-0.2, 0) is 6.42 Å². The van der Waals surface area contributed by atoms with Gasteiger partial charge >= 0.3 is 0 Å². The Hall–Kier alpha value is -1.37. The Morgan fingerprint density at radius 3 is 3.08 bits per heavy atom. The lowest BCUT2D eigenvalue weighted by molar-refractivity contribution is -0.398. The summed E-state index contributed by atoms with van der Waals surface area (Å²) in [4.78, 5) is 3.37. The number of rotatable bonds is 0. The van der Waals surface area contributed by atoms with Crippen molar-refractivity contribution >= 4 is 6.08 Å². The molecule has 0 aliphatic heterocycles. The number of allylic oxidation sites excluding steroid dienone is 3. The van der Waals surface area contributed by atoms with Gasteiger partial charge in [0.05, 0.1) is 6.42 Å². The van der Waals surface area contributed by atoms with Gasteiger partial charge in [-0.05, 0) is 12.1 Å². The highest BCUT2D eigenvalue weighted by Crippen LogP contribution is 2.10. The van der Waals surface area contributed by atoms with Gasteiger partial charge in [-0.3, -0.25) is 0 Å². The SMILES string of the molecule is Cc1ccc2c([nH+]1)CC=CC=C2. The van der Waals surface area contributed by atoms with E-state index in [0.29, 0.717) is 0 Å². The minimum Gasteiger partial charge on any atom is -0.212 e. The van der Waals surface area contributed by atoms with E-state index in [1.807, 2.05) is 0 Å². The summed E-state index contributed by atoms with van der Waals surface area (Å²) in [5.41, 5.74) is 3.82. The number of H-pyrrole nitrogens is 1. The van der Waals surface area contributed by atoms with Crippen molar-refractivity contribution in [2.45, 2.75) is 13.3 Å². The maximum atomic E-state index is 3.37. The van der Waals surface area contributed by atoms with Gasteiger partial charge in [-0.1, -0.05) is 18.2 Å². The molecular formula is C11H12N+. The molecule has 0 radical (unpaired) electrons. The molecule has 1 heterocycles. The van der Waals surface area contributed by atoms with E-state index in [1.54, 1.807) is 0 Å². The van der Waals surface area contributed by atoms with Gasteiger partial charge in [-0.15, -0.1) is 0 Å². The molecule has 0 saturated heterocycles. The number of aromatic nitrogens is 1. The topological polar surface area (TPSA) is 14.1 Å². The van der Waals surface area contributed by atoms with E-state index in [0.717, 1.165) is 6.42 Å². The summed E-state index contributed by atoms with van der Waals surface area (Å²) in [6, 6.07) is 4.26. The van der Waals surface area contributed by atoms with E-state index in [9.17, 15) is 0 Å². The Morgan fingerprint density at radius 1 is 1.25 bits per heavy atom. The van der Waals surface area contributed by atoms with Crippen LogP contribution in [0, 0.1) is 6.92 Å². The molecule has 0 bridgehead atoms. The Kier molecular flexibility index (Phi) is 1.78. The van der Waals surface area contributed by atoms with Crippen LogP contribution < -0.4 is 4.98 Å². The Balaban J connectivity index is 2.53. The van der Waals surface area contributed by atoms with Crippen LogP contribution in [0.2, 0.25) is 0 Å². The Bertz CT molecular complexity index is 348. The minimum atomic E-state index is 1.00. The number of hydrogen-bond acceptors (Lipinski definition) is 0. The summed E-state index contributed by atoms with van der Waals surface area (Å²) >= 11 is 0. The maximum Gasteiger partial charge on any atom is 0.190 e. The zero-order valence-corrected chi connectivity index (χ0v) is 7.17. The molecule has 0 spiro atoms. The van der Waals surface area contributed by atoms with Crippen LogP contribution in [0.1, 0.15) is 17.0 Å². The fourth-order valence-electron chi connectivity index (χ4n) is 1.42. The fourth-order valence-corrected chi connectivity index (χ4v) is 1.42. The quantitative estimate of drug-likeness (QED) is 0.548. The van der Waals surface area contributed by atoms with Gasteiger partial charge in [-0.2, -0.15) is 0 Å². The van der Waals surface area contributed by atoms with Gasteiger partial charge in [0.1, 0.15) is 0 Å². The molecule has 12 heavy (non-hydrogen) atoms. The third-order valence-corrected chi connectivity index (χ3v) is 2.05. The number of nitrogens with one attached hydrogen (secondary N) is 1. The van der Waals surface area contributed by atoms with Gasteiger partial charge in [0, 0.05) is 18.6 Å². The van der Waals surface area contributed by atoms with E-state index >= 15 is 0 Å². The first-order valence-electron chi connectivity index (χ1n) is 4.21. The second kappa shape index (κ2) is 2.94. The van der Waals surface area contributed by atoms with Crippen LogP contribution >= 0.6 is 0 Å². The largest absolute Gasteiger partial charge is 0.212 e. The molecule has 1 heteroatoms. The molecule has 0 fully saturated rings. The van der Waals surface area contributed by atoms with Crippen LogP contribution in [0.3, 0.4) is 0 Å². The van der Waals surface area contributed by atoms with Crippen molar-refractivity contribution in [2.24, 2.45) is 0 Å². The number of pyridine rings is 1.